The Kier molecular flexibility index (Phi) is 5.18. The molecule has 0 radical (unpaired) electrons. The number of carbonyl (C=O) groups is 2. The molecule has 0 aromatic heterocycles. The van der Waals surface area contributed by atoms with Crippen LogP contribution in [0.3, 0.4) is 0 Å². The van der Waals surface area contributed by atoms with Crippen molar-refractivity contribution in [1.29, 1.82) is 0 Å². The second kappa shape index (κ2) is 6.70. The van der Waals surface area contributed by atoms with Gasteiger partial charge in [0, 0.05) is 17.8 Å². The summed E-state index contributed by atoms with van der Waals surface area (Å²) in [6.45, 7) is 2.40. The molecule has 0 heterocycles. The second-order valence-corrected chi connectivity index (χ2v) is 7.43. The number of carbonyl (C=O) groups excluding carboxylic acids is 1. The van der Waals surface area contributed by atoms with Crippen LogP contribution in [0, 0.1) is 5.41 Å². The largest absolute Gasteiger partial charge is 0.481 e. The summed E-state index contributed by atoms with van der Waals surface area (Å²) in [7, 11) is 0. The van der Waals surface area contributed by atoms with Gasteiger partial charge in [0.05, 0.1) is 5.41 Å². The van der Waals surface area contributed by atoms with Crippen molar-refractivity contribution < 1.29 is 14.7 Å². The first-order valence-electron chi connectivity index (χ1n) is 7.45. The first kappa shape index (κ1) is 15.5. The molecule has 0 aromatic carbocycles. The maximum absolute atomic E-state index is 11.9. The molecule has 2 fully saturated rings. The lowest BCUT2D eigenvalue weighted by Crippen LogP contribution is -2.51. The van der Waals surface area contributed by atoms with Crippen molar-refractivity contribution >= 4 is 23.8 Å². The molecule has 0 saturated heterocycles. The van der Waals surface area contributed by atoms with Gasteiger partial charge in [-0.3, -0.25) is 4.79 Å². The van der Waals surface area contributed by atoms with E-state index in [1.165, 1.54) is 0 Å². The van der Waals surface area contributed by atoms with Crippen LogP contribution in [0.1, 0.15) is 45.4 Å². The summed E-state index contributed by atoms with van der Waals surface area (Å²) in [6.07, 6.45) is 5.48. The van der Waals surface area contributed by atoms with Gasteiger partial charge >= 0.3 is 12.0 Å². The van der Waals surface area contributed by atoms with E-state index in [9.17, 15) is 14.7 Å². The highest BCUT2D eigenvalue weighted by atomic mass is 32.2. The number of hydrogen-bond donors (Lipinski definition) is 3. The van der Waals surface area contributed by atoms with Crippen LogP contribution in [-0.2, 0) is 4.79 Å². The maximum atomic E-state index is 11.9. The highest BCUT2D eigenvalue weighted by Gasteiger charge is 2.44. The minimum Gasteiger partial charge on any atom is -0.481 e. The molecule has 2 atom stereocenters. The Balaban J connectivity index is 1.70. The van der Waals surface area contributed by atoms with Gasteiger partial charge in [0.25, 0.3) is 0 Å². The van der Waals surface area contributed by atoms with Gasteiger partial charge in [-0.05, 0) is 37.9 Å². The first-order valence-corrected chi connectivity index (χ1v) is 8.50. The lowest BCUT2D eigenvalue weighted by atomic mass is 9.69. The van der Waals surface area contributed by atoms with Gasteiger partial charge in [-0.1, -0.05) is 13.3 Å². The molecule has 2 aliphatic carbocycles. The molecule has 0 spiro atoms. The molecule has 2 amide bonds. The van der Waals surface area contributed by atoms with Crippen molar-refractivity contribution in [2.75, 3.05) is 12.3 Å². The van der Waals surface area contributed by atoms with Gasteiger partial charge in [0.1, 0.15) is 0 Å². The molecule has 0 aliphatic heterocycles. The molecule has 2 saturated carbocycles. The summed E-state index contributed by atoms with van der Waals surface area (Å²) in [5.41, 5.74) is -0.715. The van der Waals surface area contributed by atoms with Gasteiger partial charge < -0.3 is 15.7 Å². The van der Waals surface area contributed by atoms with Gasteiger partial charge in [-0.25, -0.2) is 4.79 Å². The fourth-order valence-electron chi connectivity index (χ4n) is 3.01. The summed E-state index contributed by atoms with van der Waals surface area (Å²) >= 11 is 1.95. The van der Waals surface area contributed by atoms with E-state index in [2.05, 4.69) is 17.6 Å². The highest BCUT2D eigenvalue weighted by Crippen LogP contribution is 2.40. The molecule has 5 nitrogen and oxygen atoms in total. The minimum atomic E-state index is -0.788. The first-order chi connectivity index (χ1) is 9.55. The molecule has 6 heteroatoms. The zero-order valence-electron chi connectivity index (χ0n) is 12.0. The standard InChI is InChI=1S/C14H24N2O3S/c1-2-20-11-5-4-10(8-11)16-13(19)15-9-14(12(17)18)6-3-7-14/h10-11H,2-9H2,1H3,(H,17,18)(H2,15,16,19). The fourth-order valence-corrected chi connectivity index (χ4v) is 4.16. The van der Waals surface area contributed by atoms with E-state index in [4.69, 9.17) is 0 Å². The molecular weight excluding hydrogens is 276 g/mol. The van der Waals surface area contributed by atoms with E-state index < -0.39 is 11.4 Å². The topological polar surface area (TPSA) is 78.4 Å². The van der Waals surface area contributed by atoms with Crippen molar-refractivity contribution in [3.05, 3.63) is 0 Å². The van der Waals surface area contributed by atoms with Gasteiger partial charge in [0.15, 0.2) is 0 Å². The fraction of sp³-hybridized carbons (Fsp3) is 0.857. The number of carboxylic acid groups (broad SMARTS) is 1. The van der Waals surface area contributed by atoms with E-state index >= 15 is 0 Å². The van der Waals surface area contributed by atoms with Crippen molar-refractivity contribution in [2.45, 2.75) is 56.7 Å². The number of carboxylic acids is 1. The quantitative estimate of drug-likeness (QED) is 0.703. The summed E-state index contributed by atoms with van der Waals surface area (Å²) in [4.78, 5) is 23.1. The van der Waals surface area contributed by atoms with Crippen LogP contribution in [0.4, 0.5) is 4.79 Å². The second-order valence-electron chi connectivity index (χ2n) is 5.85. The van der Waals surface area contributed by atoms with Crippen molar-refractivity contribution in [3.8, 4) is 0 Å². The van der Waals surface area contributed by atoms with E-state index in [0.29, 0.717) is 18.1 Å². The Labute approximate surface area is 124 Å². The molecule has 2 unspecified atom stereocenters. The van der Waals surface area contributed by atoms with Crippen molar-refractivity contribution in [2.24, 2.45) is 5.41 Å². The van der Waals surface area contributed by atoms with Gasteiger partial charge in [-0.15, -0.1) is 0 Å². The van der Waals surface area contributed by atoms with Crippen LogP contribution in [0.25, 0.3) is 0 Å². The van der Waals surface area contributed by atoms with E-state index in [1.807, 2.05) is 11.8 Å². The molecule has 20 heavy (non-hydrogen) atoms. The molecule has 0 bridgehead atoms. The molecule has 0 aromatic rings. The Bertz CT molecular complexity index is 371. The van der Waals surface area contributed by atoms with Crippen LogP contribution >= 0.6 is 11.8 Å². The third kappa shape index (κ3) is 3.59. The lowest BCUT2D eigenvalue weighted by molar-refractivity contribution is -0.153. The zero-order chi connectivity index (χ0) is 14.6. The highest BCUT2D eigenvalue weighted by molar-refractivity contribution is 7.99. The normalized spacial score (nSPS) is 27.6. The maximum Gasteiger partial charge on any atom is 0.315 e. The number of amides is 2. The number of aliphatic carboxylic acids is 1. The Hall–Kier alpha value is -0.910. The third-order valence-corrected chi connectivity index (χ3v) is 5.71. The van der Waals surface area contributed by atoms with E-state index in [-0.39, 0.29) is 18.6 Å². The van der Waals surface area contributed by atoms with Crippen molar-refractivity contribution in [1.82, 2.24) is 10.6 Å². The number of rotatable bonds is 6. The average Bonchev–Trinajstić information content (AvgIpc) is 2.75. The van der Waals surface area contributed by atoms with Crippen molar-refractivity contribution in [3.63, 3.8) is 0 Å². The van der Waals surface area contributed by atoms with E-state index in [1.54, 1.807) is 0 Å². The Morgan fingerprint density at radius 2 is 2.10 bits per heavy atom. The SMILES string of the molecule is CCSC1CCC(NC(=O)NCC2(C(=O)O)CCC2)C1. The van der Waals surface area contributed by atoms with Crippen LogP contribution in [0.5, 0.6) is 0 Å². The van der Waals surface area contributed by atoms with Gasteiger partial charge in [0.2, 0.25) is 0 Å². The zero-order valence-corrected chi connectivity index (χ0v) is 12.8. The monoisotopic (exact) mass is 300 g/mol. The predicted molar refractivity (Wildman–Crippen MR) is 80.0 cm³/mol. The summed E-state index contributed by atoms with van der Waals surface area (Å²) < 4.78 is 0. The molecular formula is C14H24N2O3S. The van der Waals surface area contributed by atoms with Crippen LogP contribution < -0.4 is 10.6 Å². The van der Waals surface area contributed by atoms with Crippen LogP contribution in [0.2, 0.25) is 0 Å². The van der Waals surface area contributed by atoms with Gasteiger partial charge in [-0.2, -0.15) is 11.8 Å². The minimum absolute atomic E-state index is 0.218. The van der Waals surface area contributed by atoms with Crippen LogP contribution in [-0.4, -0.2) is 40.7 Å². The Morgan fingerprint density at radius 3 is 2.65 bits per heavy atom. The predicted octanol–water partition coefficient (Wildman–Crippen LogP) is 2.21. The summed E-state index contributed by atoms with van der Waals surface area (Å²) in [5.74, 6) is 0.328. The molecule has 114 valence electrons. The summed E-state index contributed by atoms with van der Waals surface area (Å²) in [5, 5.41) is 15.6. The Morgan fingerprint density at radius 1 is 1.35 bits per heavy atom. The average molecular weight is 300 g/mol. The number of nitrogens with one attached hydrogen (secondary N) is 2. The van der Waals surface area contributed by atoms with Crippen LogP contribution in [0.15, 0.2) is 0 Å². The number of thioether (sulfide) groups is 1. The molecule has 2 aliphatic rings. The molecule has 3 N–H and O–H groups in total. The number of hydrogen-bond acceptors (Lipinski definition) is 3. The van der Waals surface area contributed by atoms with E-state index in [0.717, 1.165) is 31.4 Å². The number of urea groups is 1. The molecule has 2 rings (SSSR count). The smallest absolute Gasteiger partial charge is 0.315 e. The third-order valence-electron chi connectivity index (χ3n) is 4.47. The summed E-state index contributed by atoms with van der Waals surface area (Å²) in [6, 6.07) is 0.0193. The lowest BCUT2D eigenvalue weighted by Gasteiger charge is -2.37.